The van der Waals surface area contributed by atoms with E-state index >= 15 is 0 Å². The molecule has 1 unspecified atom stereocenters. The quantitative estimate of drug-likeness (QED) is 0.763. The fourth-order valence-electron chi connectivity index (χ4n) is 2.27. The summed E-state index contributed by atoms with van der Waals surface area (Å²) in [7, 11) is 0. The van der Waals surface area contributed by atoms with Gasteiger partial charge in [-0.2, -0.15) is 0 Å². The Kier molecular flexibility index (Phi) is 5.64. The average molecular weight is 308 g/mol. The molecule has 0 fully saturated rings. The summed E-state index contributed by atoms with van der Waals surface area (Å²) in [6.07, 6.45) is 2.15. The third-order valence-electron chi connectivity index (χ3n) is 3.61. The van der Waals surface area contributed by atoms with E-state index in [2.05, 4.69) is 50.4 Å². The molecule has 1 heterocycles. The van der Waals surface area contributed by atoms with Gasteiger partial charge in [0.15, 0.2) is 0 Å². The predicted octanol–water partition coefficient (Wildman–Crippen LogP) is 5.30. The smallest absolute Gasteiger partial charge is 0.0931 e. The molecule has 1 N–H and O–H groups in total. The lowest BCUT2D eigenvalue weighted by molar-refractivity contribution is 0.532. The van der Waals surface area contributed by atoms with E-state index in [4.69, 9.17) is 11.6 Å². The van der Waals surface area contributed by atoms with Gasteiger partial charge in [-0.05, 0) is 55.6 Å². The zero-order valence-electron chi connectivity index (χ0n) is 12.4. The Morgan fingerprint density at radius 2 is 1.95 bits per heavy atom. The van der Waals surface area contributed by atoms with Gasteiger partial charge >= 0.3 is 0 Å². The fraction of sp³-hybridized carbons (Fsp3) is 0.412. The van der Waals surface area contributed by atoms with Crippen molar-refractivity contribution in [2.45, 2.75) is 39.7 Å². The van der Waals surface area contributed by atoms with Crippen molar-refractivity contribution in [1.29, 1.82) is 0 Å². The van der Waals surface area contributed by atoms with E-state index < -0.39 is 0 Å². The zero-order chi connectivity index (χ0) is 14.5. The molecule has 1 aromatic carbocycles. The van der Waals surface area contributed by atoms with E-state index in [1.54, 1.807) is 11.3 Å². The van der Waals surface area contributed by atoms with E-state index in [9.17, 15) is 0 Å². The maximum absolute atomic E-state index is 6.04. The first kappa shape index (κ1) is 15.6. The summed E-state index contributed by atoms with van der Waals surface area (Å²) < 4.78 is 0.870. The van der Waals surface area contributed by atoms with Crippen LogP contribution in [0.15, 0.2) is 30.3 Å². The van der Waals surface area contributed by atoms with Crippen LogP contribution in [0.1, 0.15) is 41.0 Å². The molecule has 0 spiro atoms. The van der Waals surface area contributed by atoms with Gasteiger partial charge in [-0.25, -0.2) is 0 Å². The van der Waals surface area contributed by atoms with Crippen LogP contribution in [0.3, 0.4) is 0 Å². The topological polar surface area (TPSA) is 12.0 Å². The minimum Gasteiger partial charge on any atom is -0.310 e. The summed E-state index contributed by atoms with van der Waals surface area (Å²) >= 11 is 7.72. The molecule has 1 nitrogen and oxygen atoms in total. The van der Waals surface area contributed by atoms with Crippen molar-refractivity contribution in [3.05, 3.63) is 56.2 Å². The summed E-state index contributed by atoms with van der Waals surface area (Å²) in [4.78, 5) is 1.34. The van der Waals surface area contributed by atoms with E-state index in [0.717, 1.165) is 23.7 Å². The second-order valence-electron chi connectivity index (χ2n) is 5.26. The van der Waals surface area contributed by atoms with Crippen molar-refractivity contribution in [2.24, 2.45) is 0 Å². The molecule has 1 atom stereocenters. The first-order chi connectivity index (χ1) is 9.60. The van der Waals surface area contributed by atoms with Crippen molar-refractivity contribution >= 4 is 22.9 Å². The monoisotopic (exact) mass is 307 g/mol. The van der Waals surface area contributed by atoms with Gasteiger partial charge in [0.2, 0.25) is 0 Å². The summed E-state index contributed by atoms with van der Waals surface area (Å²) in [6, 6.07) is 11.2. The highest BCUT2D eigenvalue weighted by atomic mass is 35.5. The molecule has 0 saturated carbocycles. The van der Waals surface area contributed by atoms with Gasteiger partial charge < -0.3 is 5.32 Å². The average Bonchev–Trinajstić information content (AvgIpc) is 2.83. The van der Waals surface area contributed by atoms with Gasteiger partial charge in [-0.15, -0.1) is 11.3 Å². The Balaban J connectivity index is 2.19. The van der Waals surface area contributed by atoms with E-state index in [0.29, 0.717) is 6.04 Å². The first-order valence-corrected chi connectivity index (χ1v) is 8.34. The minimum atomic E-state index is 0.365. The normalized spacial score (nSPS) is 12.6. The molecular weight excluding hydrogens is 286 g/mol. The van der Waals surface area contributed by atoms with Crippen LogP contribution in [0.2, 0.25) is 4.34 Å². The second-order valence-corrected chi connectivity index (χ2v) is 7.06. The van der Waals surface area contributed by atoms with Crippen LogP contribution < -0.4 is 5.32 Å². The van der Waals surface area contributed by atoms with Crippen LogP contribution in [-0.4, -0.2) is 6.54 Å². The number of rotatable bonds is 6. The number of halogens is 1. The molecule has 3 heteroatoms. The molecule has 2 rings (SSSR count). The molecule has 0 aliphatic heterocycles. The summed E-state index contributed by atoms with van der Waals surface area (Å²) in [6.45, 7) is 7.58. The van der Waals surface area contributed by atoms with Crippen molar-refractivity contribution in [3.63, 3.8) is 0 Å². The van der Waals surface area contributed by atoms with Crippen LogP contribution >= 0.6 is 22.9 Å². The van der Waals surface area contributed by atoms with E-state index in [-0.39, 0.29) is 0 Å². The van der Waals surface area contributed by atoms with Gasteiger partial charge in [0.25, 0.3) is 0 Å². The van der Waals surface area contributed by atoms with Gasteiger partial charge in [0.05, 0.1) is 4.34 Å². The maximum atomic E-state index is 6.04. The molecule has 0 saturated heterocycles. The maximum Gasteiger partial charge on any atom is 0.0931 e. The Morgan fingerprint density at radius 1 is 1.15 bits per heavy atom. The van der Waals surface area contributed by atoms with Crippen molar-refractivity contribution in [2.75, 3.05) is 6.54 Å². The van der Waals surface area contributed by atoms with Crippen molar-refractivity contribution in [1.82, 2.24) is 5.32 Å². The van der Waals surface area contributed by atoms with Gasteiger partial charge in [-0.3, -0.25) is 0 Å². The van der Waals surface area contributed by atoms with E-state index in [1.807, 2.05) is 6.07 Å². The van der Waals surface area contributed by atoms with Crippen LogP contribution in [0.4, 0.5) is 0 Å². The standard InChI is InChI=1S/C17H22ClNS/c1-4-9-19-16(11-15-7-8-17(18)20-15)14-6-5-12(2)13(3)10-14/h5-8,10,16,19H,4,9,11H2,1-3H3. The lowest BCUT2D eigenvalue weighted by Crippen LogP contribution is -2.24. The molecule has 0 bridgehead atoms. The molecular formula is C17H22ClNS. The molecule has 0 aliphatic carbocycles. The fourth-order valence-corrected chi connectivity index (χ4v) is 3.40. The summed E-state index contributed by atoms with van der Waals surface area (Å²) in [5, 5.41) is 3.65. The van der Waals surface area contributed by atoms with Crippen molar-refractivity contribution in [3.8, 4) is 0 Å². The van der Waals surface area contributed by atoms with Gasteiger partial charge in [0.1, 0.15) is 0 Å². The largest absolute Gasteiger partial charge is 0.310 e. The number of thiophene rings is 1. The molecule has 1 aromatic heterocycles. The first-order valence-electron chi connectivity index (χ1n) is 7.15. The Bertz CT molecular complexity index is 562. The van der Waals surface area contributed by atoms with Gasteiger partial charge in [-0.1, -0.05) is 36.7 Å². The van der Waals surface area contributed by atoms with Crippen LogP contribution in [0.25, 0.3) is 0 Å². The number of hydrogen-bond acceptors (Lipinski definition) is 2. The summed E-state index contributed by atoms with van der Waals surface area (Å²) in [5.41, 5.74) is 4.07. The number of benzene rings is 1. The molecule has 0 aliphatic rings. The Hall–Kier alpha value is -0.830. The SMILES string of the molecule is CCCNC(Cc1ccc(Cl)s1)c1ccc(C)c(C)c1. The van der Waals surface area contributed by atoms with Gasteiger partial charge in [0, 0.05) is 17.3 Å². The lowest BCUT2D eigenvalue weighted by Gasteiger charge is -2.19. The zero-order valence-corrected chi connectivity index (χ0v) is 13.9. The van der Waals surface area contributed by atoms with Crippen LogP contribution in [0, 0.1) is 13.8 Å². The minimum absolute atomic E-state index is 0.365. The number of aryl methyl sites for hydroxylation is 2. The lowest BCUT2D eigenvalue weighted by atomic mass is 9.98. The van der Waals surface area contributed by atoms with Crippen LogP contribution in [-0.2, 0) is 6.42 Å². The molecule has 0 radical (unpaired) electrons. The number of hydrogen-bond donors (Lipinski definition) is 1. The molecule has 2 aromatic rings. The predicted molar refractivity (Wildman–Crippen MR) is 90.0 cm³/mol. The molecule has 0 amide bonds. The highest BCUT2D eigenvalue weighted by Gasteiger charge is 2.13. The third kappa shape index (κ3) is 4.08. The van der Waals surface area contributed by atoms with E-state index in [1.165, 1.54) is 21.6 Å². The van der Waals surface area contributed by atoms with Crippen molar-refractivity contribution < 1.29 is 0 Å². The van der Waals surface area contributed by atoms with Crippen LogP contribution in [0.5, 0.6) is 0 Å². The summed E-state index contributed by atoms with van der Waals surface area (Å²) in [5.74, 6) is 0. The third-order valence-corrected chi connectivity index (χ3v) is 4.86. The molecule has 108 valence electrons. The Morgan fingerprint density at radius 3 is 2.55 bits per heavy atom. The highest BCUT2D eigenvalue weighted by Crippen LogP contribution is 2.27. The number of nitrogens with one attached hydrogen (secondary N) is 1. The highest BCUT2D eigenvalue weighted by molar-refractivity contribution is 7.16. The molecule has 20 heavy (non-hydrogen) atoms. The second kappa shape index (κ2) is 7.26. The Labute approximate surface area is 131 Å².